The van der Waals surface area contributed by atoms with Gasteiger partial charge < -0.3 is 5.11 Å². The van der Waals surface area contributed by atoms with Crippen molar-refractivity contribution in [3.05, 3.63) is 28.8 Å². The normalized spacial score (nSPS) is 11.8. The van der Waals surface area contributed by atoms with E-state index in [0.29, 0.717) is 11.6 Å². The van der Waals surface area contributed by atoms with E-state index in [-0.39, 0.29) is 5.41 Å². The summed E-state index contributed by atoms with van der Waals surface area (Å²) >= 11 is 5.95. The second-order valence-corrected chi connectivity index (χ2v) is 6.04. The Morgan fingerprint density at radius 2 is 1.89 bits per heavy atom. The monoisotopic (exact) mass is 268 g/mol. The summed E-state index contributed by atoms with van der Waals surface area (Å²) in [6.45, 7) is 8.60. The van der Waals surface area contributed by atoms with Crippen LogP contribution in [0.2, 0.25) is 0 Å². The Hall–Kier alpha value is -0.690. The first kappa shape index (κ1) is 15.4. The Balaban J connectivity index is 2.99. The zero-order chi connectivity index (χ0) is 13.8. The first-order chi connectivity index (χ1) is 8.42. The second-order valence-electron chi connectivity index (χ2n) is 5.77. The number of aryl methyl sites for hydroxylation is 1. The highest BCUT2D eigenvalue weighted by Gasteiger charge is 2.24. The van der Waals surface area contributed by atoms with E-state index in [1.807, 2.05) is 13.0 Å². The largest absolute Gasteiger partial charge is 0.508 e. The average molecular weight is 269 g/mol. The number of phenolic OH excluding ortho intramolecular Hbond substituents is 1. The molecule has 0 aliphatic carbocycles. The Bertz CT molecular complexity index is 396. The number of alkyl halides is 1. The van der Waals surface area contributed by atoms with Crippen LogP contribution in [0.25, 0.3) is 0 Å². The first-order valence-corrected chi connectivity index (χ1v) is 7.34. The van der Waals surface area contributed by atoms with Gasteiger partial charge >= 0.3 is 0 Å². The summed E-state index contributed by atoms with van der Waals surface area (Å²) in [4.78, 5) is 0. The molecule has 0 amide bonds. The van der Waals surface area contributed by atoms with Gasteiger partial charge in [0.25, 0.3) is 0 Å². The fourth-order valence-corrected chi connectivity index (χ4v) is 2.66. The number of phenols is 1. The molecule has 1 nitrogen and oxygen atoms in total. The van der Waals surface area contributed by atoms with E-state index in [2.05, 4.69) is 26.8 Å². The van der Waals surface area contributed by atoms with Gasteiger partial charge in [-0.3, -0.25) is 0 Å². The Morgan fingerprint density at radius 1 is 1.22 bits per heavy atom. The molecule has 0 spiro atoms. The zero-order valence-corrected chi connectivity index (χ0v) is 12.8. The lowest BCUT2D eigenvalue weighted by Gasteiger charge is -2.27. The number of hydrogen-bond acceptors (Lipinski definition) is 1. The van der Waals surface area contributed by atoms with Crippen LogP contribution >= 0.6 is 11.6 Å². The van der Waals surface area contributed by atoms with E-state index in [1.54, 1.807) is 0 Å². The van der Waals surface area contributed by atoms with E-state index < -0.39 is 0 Å². The molecule has 0 bridgehead atoms. The number of benzene rings is 1. The summed E-state index contributed by atoms with van der Waals surface area (Å²) in [7, 11) is 0. The van der Waals surface area contributed by atoms with Gasteiger partial charge in [-0.15, -0.1) is 11.6 Å². The van der Waals surface area contributed by atoms with Gasteiger partial charge in [0.1, 0.15) is 5.75 Å². The molecule has 1 rings (SSSR count). The van der Waals surface area contributed by atoms with Crippen molar-refractivity contribution in [2.24, 2.45) is 0 Å². The van der Waals surface area contributed by atoms with Gasteiger partial charge in [-0.25, -0.2) is 0 Å². The maximum absolute atomic E-state index is 10.2. The number of halogens is 1. The second kappa shape index (κ2) is 6.47. The molecule has 0 aromatic heterocycles. The van der Waals surface area contributed by atoms with E-state index in [9.17, 15) is 5.11 Å². The van der Waals surface area contributed by atoms with Crippen molar-refractivity contribution >= 4 is 11.6 Å². The van der Waals surface area contributed by atoms with Crippen LogP contribution in [0.1, 0.15) is 63.1 Å². The molecule has 18 heavy (non-hydrogen) atoms. The van der Waals surface area contributed by atoms with Gasteiger partial charge in [0, 0.05) is 5.88 Å². The van der Waals surface area contributed by atoms with Gasteiger partial charge in [0.2, 0.25) is 0 Å². The highest BCUT2D eigenvalue weighted by Crippen LogP contribution is 2.37. The Labute approximate surface area is 116 Å². The number of rotatable bonds is 6. The number of aromatic hydroxyl groups is 1. The van der Waals surface area contributed by atoms with E-state index in [4.69, 9.17) is 11.6 Å². The van der Waals surface area contributed by atoms with E-state index in [0.717, 1.165) is 23.1 Å². The van der Waals surface area contributed by atoms with Crippen molar-refractivity contribution in [2.45, 2.75) is 64.7 Å². The van der Waals surface area contributed by atoms with Gasteiger partial charge in [0.05, 0.1) is 0 Å². The lowest BCUT2D eigenvalue weighted by atomic mass is 9.78. The van der Waals surface area contributed by atoms with Crippen LogP contribution in [0.4, 0.5) is 0 Å². The molecule has 102 valence electrons. The molecule has 1 aromatic rings. The quantitative estimate of drug-likeness (QED) is 0.548. The minimum absolute atomic E-state index is 0.00770. The summed E-state index contributed by atoms with van der Waals surface area (Å²) in [6.07, 6.45) is 4.77. The number of unbranched alkanes of at least 4 members (excludes halogenated alkanes) is 2. The molecule has 0 radical (unpaired) electrons. The third kappa shape index (κ3) is 3.65. The zero-order valence-electron chi connectivity index (χ0n) is 12.0. The predicted molar refractivity (Wildman–Crippen MR) is 79.6 cm³/mol. The highest BCUT2D eigenvalue weighted by molar-refractivity contribution is 6.17. The summed E-state index contributed by atoms with van der Waals surface area (Å²) in [5, 5.41) is 10.2. The minimum Gasteiger partial charge on any atom is -0.508 e. The number of hydrogen-bond donors (Lipinski definition) is 1. The van der Waals surface area contributed by atoms with Crippen molar-refractivity contribution in [3.63, 3.8) is 0 Å². The standard InChI is InChI=1S/C16H25ClO/c1-5-6-7-8-16(3,4)14-10-13(11-17)12(2)9-15(14)18/h9-10,18H,5-8,11H2,1-4H3. The van der Waals surface area contributed by atoms with Crippen LogP contribution in [0.3, 0.4) is 0 Å². The van der Waals surface area contributed by atoms with Gasteiger partial charge in [-0.05, 0) is 41.5 Å². The predicted octanol–water partition coefficient (Wildman–Crippen LogP) is 5.30. The summed E-state index contributed by atoms with van der Waals surface area (Å²) < 4.78 is 0. The maximum Gasteiger partial charge on any atom is 0.119 e. The van der Waals surface area contributed by atoms with Crippen molar-refractivity contribution < 1.29 is 5.11 Å². The molecule has 1 aromatic carbocycles. The molecule has 1 N–H and O–H groups in total. The topological polar surface area (TPSA) is 20.2 Å². The van der Waals surface area contributed by atoms with Crippen LogP contribution in [0.5, 0.6) is 5.75 Å². The van der Waals surface area contributed by atoms with Crippen LogP contribution in [-0.2, 0) is 11.3 Å². The Kier molecular flexibility index (Phi) is 5.52. The molecule has 2 heteroatoms. The van der Waals surface area contributed by atoms with Crippen molar-refractivity contribution in [3.8, 4) is 5.75 Å². The van der Waals surface area contributed by atoms with Gasteiger partial charge in [-0.1, -0.05) is 46.1 Å². The molecule has 0 aliphatic rings. The molecular formula is C16H25ClO. The van der Waals surface area contributed by atoms with Crippen LogP contribution < -0.4 is 0 Å². The highest BCUT2D eigenvalue weighted by atomic mass is 35.5. The SMILES string of the molecule is CCCCCC(C)(C)c1cc(CCl)c(C)cc1O. The van der Waals surface area contributed by atoms with Crippen molar-refractivity contribution in [2.75, 3.05) is 0 Å². The summed E-state index contributed by atoms with van der Waals surface area (Å²) in [5.74, 6) is 0.910. The van der Waals surface area contributed by atoms with Crippen LogP contribution in [-0.4, -0.2) is 5.11 Å². The average Bonchev–Trinajstić information content (AvgIpc) is 2.29. The van der Waals surface area contributed by atoms with Crippen LogP contribution in [0.15, 0.2) is 12.1 Å². The van der Waals surface area contributed by atoms with Gasteiger partial charge in [0.15, 0.2) is 0 Å². The molecule has 0 heterocycles. The fraction of sp³-hybridized carbons (Fsp3) is 0.625. The lowest BCUT2D eigenvalue weighted by Crippen LogP contribution is -2.17. The summed E-state index contributed by atoms with van der Waals surface area (Å²) in [5.41, 5.74) is 3.22. The maximum atomic E-state index is 10.2. The van der Waals surface area contributed by atoms with Crippen LogP contribution in [0, 0.1) is 6.92 Å². The molecule has 0 aliphatic heterocycles. The van der Waals surface area contributed by atoms with Crippen molar-refractivity contribution in [1.82, 2.24) is 0 Å². The third-order valence-electron chi connectivity index (χ3n) is 3.73. The molecule has 0 atom stereocenters. The first-order valence-electron chi connectivity index (χ1n) is 6.81. The molecule has 0 unspecified atom stereocenters. The summed E-state index contributed by atoms with van der Waals surface area (Å²) in [6, 6.07) is 3.91. The smallest absolute Gasteiger partial charge is 0.119 e. The van der Waals surface area contributed by atoms with E-state index >= 15 is 0 Å². The van der Waals surface area contributed by atoms with Crippen molar-refractivity contribution in [1.29, 1.82) is 0 Å². The molecule has 0 saturated carbocycles. The molecule has 0 fully saturated rings. The fourth-order valence-electron chi connectivity index (χ4n) is 2.38. The molecule has 0 saturated heterocycles. The molecular weight excluding hydrogens is 244 g/mol. The Morgan fingerprint density at radius 3 is 2.44 bits per heavy atom. The van der Waals surface area contributed by atoms with E-state index in [1.165, 1.54) is 19.3 Å². The minimum atomic E-state index is 0.00770. The third-order valence-corrected chi connectivity index (χ3v) is 4.02. The van der Waals surface area contributed by atoms with Gasteiger partial charge in [-0.2, -0.15) is 0 Å². The lowest BCUT2D eigenvalue weighted by molar-refractivity contribution is 0.407.